The highest BCUT2D eigenvalue weighted by Gasteiger charge is 2.13. The topological polar surface area (TPSA) is 56.1 Å². The van der Waals surface area contributed by atoms with Gasteiger partial charge in [0.25, 0.3) is 5.91 Å². The number of hydrogen-bond acceptors (Lipinski definition) is 3. The highest BCUT2D eigenvalue weighted by molar-refractivity contribution is 6.30. The van der Waals surface area contributed by atoms with E-state index in [1.807, 2.05) is 65.5 Å². The number of amides is 1. The number of benzene rings is 2. The largest absolute Gasteiger partial charge is 0.375 e. The van der Waals surface area contributed by atoms with Gasteiger partial charge in [-0.3, -0.25) is 9.48 Å². The number of aromatic nitrogens is 2. The van der Waals surface area contributed by atoms with Crippen LogP contribution in [-0.4, -0.2) is 29.3 Å². The van der Waals surface area contributed by atoms with E-state index >= 15 is 0 Å². The second kappa shape index (κ2) is 8.65. The SMILES string of the molecule is CO[C@@H](CNC(=O)c1ccc(Cn2cccn2)cc1)c1ccc(Cl)cc1. The zero-order valence-electron chi connectivity index (χ0n) is 14.4. The summed E-state index contributed by atoms with van der Waals surface area (Å²) in [6.45, 7) is 1.06. The van der Waals surface area contributed by atoms with Gasteiger partial charge in [0.1, 0.15) is 0 Å². The van der Waals surface area contributed by atoms with Gasteiger partial charge in [0, 0.05) is 36.6 Å². The van der Waals surface area contributed by atoms with E-state index in [1.54, 1.807) is 13.3 Å². The van der Waals surface area contributed by atoms with Gasteiger partial charge in [-0.05, 0) is 41.5 Å². The Hall–Kier alpha value is -2.63. The number of rotatable bonds is 7. The van der Waals surface area contributed by atoms with Crippen LogP contribution in [0.2, 0.25) is 5.02 Å². The van der Waals surface area contributed by atoms with Crippen LogP contribution in [0.3, 0.4) is 0 Å². The summed E-state index contributed by atoms with van der Waals surface area (Å²) in [4.78, 5) is 12.4. The third kappa shape index (κ3) is 4.71. The number of nitrogens with zero attached hydrogens (tertiary/aromatic N) is 2. The molecule has 0 fully saturated rings. The summed E-state index contributed by atoms with van der Waals surface area (Å²) in [6, 6.07) is 16.8. The monoisotopic (exact) mass is 369 g/mol. The molecule has 0 aliphatic rings. The molecule has 5 nitrogen and oxygen atoms in total. The lowest BCUT2D eigenvalue weighted by Gasteiger charge is -2.16. The fraction of sp³-hybridized carbons (Fsp3) is 0.200. The van der Waals surface area contributed by atoms with Gasteiger partial charge in [0.15, 0.2) is 0 Å². The van der Waals surface area contributed by atoms with Gasteiger partial charge < -0.3 is 10.1 Å². The van der Waals surface area contributed by atoms with Crippen molar-refractivity contribution in [2.75, 3.05) is 13.7 Å². The third-order valence-corrected chi connectivity index (χ3v) is 4.35. The molecule has 6 heteroatoms. The lowest BCUT2D eigenvalue weighted by Crippen LogP contribution is -2.29. The summed E-state index contributed by atoms with van der Waals surface area (Å²) < 4.78 is 7.31. The number of ether oxygens (including phenoxy) is 1. The van der Waals surface area contributed by atoms with Gasteiger partial charge >= 0.3 is 0 Å². The van der Waals surface area contributed by atoms with Gasteiger partial charge in [-0.2, -0.15) is 5.10 Å². The molecule has 1 heterocycles. The molecule has 0 radical (unpaired) electrons. The lowest BCUT2D eigenvalue weighted by atomic mass is 10.1. The molecule has 134 valence electrons. The minimum absolute atomic E-state index is 0.133. The van der Waals surface area contributed by atoms with Crippen molar-refractivity contribution in [2.24, 2.45) is 0 Å². The molecule has 26 heavy (non-hydrogen) atoms. The molecule has 0 aliphatic heterocycles. The van der Waals surface area contributed by atoms with Crippen LogP contribution in [-0.2, 0) is 11.3 Å². The highest BCUT2D eigenvalue weighted by Crippen LogP contribution is 2.18. The zero-order valence-corrected chi connectivity index (χ0v) is 15.2. The predicted molar refractivity (Wildman–Crippen MR) is 101 cm³/mol. The van der Waals surface area contributed by atoms with Crippen molar-refractivity contribution in [1.29, 1.82) is 0 Å². The number of carbonyl (C=O) groups is 1. The van der Waals surface area contributed by atoms with Crippen molar-refractivity contribution in [3.8, 4) is 0 Å². The van der Waals surface area contributed by atoms with Crippen LogP contribution in [0.15, 0.2) is 67.0 Å². The minimum atomic E-state index is -0.227. The molecule has 0 saturated carbocycles. The van der Waals surface area contributed by atoms with E-state index in [9.17, 15) is 4.79 Å². The van der Waals surface area contributed by atoms with E-state index in [-0.39, 0.29) is 12.0 Å². The summed E-state index contributed by atoms with van der Waals surface area (Å²) in [5.74, 6) is -0.133. The van der Waals surface area contributed by atoms with Gasteiger partial charge in [0.05, 0.1) is 12.6 Å². The Balaban J connectivity index is 1.57. The number of carbonyl (C=O) groups excluding carboxylic acids is 1. The van der Waals surface area contributed by atoms with E-state index < -0.39 is 0 Å². The standard InChI is InChI=1S/C20H20ClN3O2/c1-26-19(16-7-9-18(21)10-8-16)13-22-20(25)17-5-3-15(4-6-17)14-24-12-2-11-23-24/h2-12,19H,13-14H2,1H3,(H,22,25)/t19-/m0/s1. The summed E-state index contributed by atoms with van der Waals surface area (Å²) in [7, 11) is 1.62. The molecule has 0 saturated heterocycles. The van der Waals surface area contributed by atoms with Crippen LogP contribution in [0, 0.1) is 0 Å². The number of hydrogen-bond donors (Lipinski definition) is 1. The molecule has 0 spiro atoms. The van der Waals surface area contributed by atoms with Crippen molar-refractivity contribution in [3.63, 3.8) is 0 Å². The summed E-state index contributed by atoms with van der Waals surface area (Å²) in [5, 5.41) is 7.76. The van der Waals surface area contributed by atoms with Crippen LogP contribution in [0.1, 0.15) is 27.6 Å². The van der Waals surface area contributed by atoms with Crippen LogP contribution in [0.5, 0.6) is 0 Å². The molecule has 1 aromatic heterocycles. The molecule has 1 amide bonds. The van der Waals surface area contributed by atoms with E-state index in [1.165, 1.54) is 0 Å². The van der Waals surface area contributed by atoms with Crippen LogP contribution in [0.4, 0.5) is 0 Å². The van der Waals surface area contributed by atoms with Crippen molar-refractivity contribution in [2.45, 2.75) is 12.6 Å². The Kier molecular flexibility index (Phi) is 6.04. The average Bonchev–Trinajstić information content (AvgIpc) is 3.17. The normalized spacial score (nSPS) is 11.9. The van der Waals surface area contributed by atoms with E-state index in [2.05, 4.69) is 10.4 Å². The quantitative estimate of drug-likeness (QED) is 0.690. The van der Waals surface area contributed by atoms with Gasteiger partial charge in [-0.1, -0.05) is 35.9 Å². The van der Waals surface area contributed by atoms with Gasteiger partial charge in [-0.15, -0.1) is 0 Å². The van der Waals surface area contributed by atoms with Gasteiger partial charge in [-0.25, -0.2) is 0 Å². The van der Waals surface area contributed by atoms with Crippen molar-refractivity contribution in [1.82, 2.24) is 15.1 Å². The van der Waals surface area contributed by atoms with Crippen molar-refractivity contribution >= 4 is 17.5 Å². The van der Waals surface area contributed by atoms with Crippen LogP contribution < -0.4 is 5.32 Å². The van der Waals surface area contributed by atoms with Crippen LogP contribution >= 0.6 is 11.6 Å². The molecule has 0 bridgehead atoms. The zero-order chi connectivity index (χ0) is 18.4. The number of halogens is 1. The fourth-order valence-corrected chi connectivity index (χ4v) is 2.77. The summed E-state index contributed by atoms with van der Waals surface area (Å²) >= 11 is 5.91. The lowest BCUT2D eigenvalue weighted by molar-refractivity contribution is 0.0828. The second-order valence-corrected chi connectivity index (χ2v) is 6.32. The Morgan fingerprint density at radius 1 is 1.19 bits per heavy atom. The van der Waals surface area contributed by atoms with Gasteiger partial charge in [0.2, 0.25) is 0 Å². The van der Waals surface area contributed by atoms with Crippen molar-refractivity contribution in [3.05, 3.63) is 88.7 Å². The smallest absolute Gasteiger partial charge is 0.251 e. The molecular weight excluding hydrogens is 350 g/mol. The average molecular weight is 370 g/mol. The first-order valence-electron chi connectivity index (χ1n) is 8.28. The Morgan fingerprint density at radius 3 is 2.54 bits per heavy atom. The number of nitrogens with one attached hydrogen (secondary N) is 1. The Morgan fingerprint density at radius 2 is 1.92 bits per heavy atom. The molecule has 3 rings (SSSR count). The van der Waals surface area contributed by atoms with Crippen LogP contribution in [0.25, 0.3) is 0 Å². The molecule has 2 aromatic carbocycles. The highest BCUT2D eigenvalue weighted by atomic mass is 35.5. The predicted octanol–water partition coefficient (Wildman–Crippen LogP) is 3.70. The Bertz CT molecular complexity index is 831. The first-order valence-corrected chi connectivity index (χ1v) is 8.66. The molecule has 0 unspecified atom stereocenters. The van der Waals surface area contributed by atoms with E-state index in [4.69, 9.17) is 16.3 Å². The molecule has 1 N–H and O–H groups in total. The molecule has 0 aliphatic carbocycles. The van der Waals surface area contributed by atoms with E-state index in [0.717, 1.165) is 11.1 Å². The molecular formula is C20H20ClN3O2. The van der Waals surface area contributed by atoms with E-state index in [0.29, 0.717) is 23.7 Å². The fourth-order valence-electron chi connectivity index (χ4n) is 2.64. The maximum Gasteiger partial charge on any atom is 0.251 e. The first kappa shape index (κ1) is 18.2. The molecule has 1 atom stereocenters. The Labute approximate surface area is 157 Å². The maximum atomic E-state index is 12.4. The summed E-state index contributed by atoms with van der Waals surface area (Å²) in [5.41, 5.74) is 2.66. The maximum absolute atomic E-state index is 12.4. The van der Waals surface area contributed by atoms with Crippen molar-refractivity contribution < 1.29 is 9.53 Å². The molecule has 3 aromatic rings. The number of methoxy groups -OCH3 is 1. The first-order chi connectivity index (χ1) is 12.7. The third-order valence-electron chi connectivity index (χ3n) is 4.09. The summed E-state index contributed by atoms with van der Waals surface area (Å²) in [6.07, 6.45) is 3.42. The minimum Gasteiger partial charge on any atom is -0.375 e. The second-order valence-electron chi connectivity index (χ2n) is 5.89.